The zero-order valence-corrected chi connectivity index (χ0v) is 8.23. The first-order chi connectivity index (χ1) is 6.22. The summed E-state index contributed by atoms with van der Waals surface area (Å²) in [6, 6.07) is 3.67. The molecule has 4 heteroatoms. The normalized spacial score (nSPS) is 15.5. The predicted octanol–water partition coefficient (Wildman–Crippen LogP) is 3.14. The van der Waals surface area contributed by atoms with Gasteiger partial charge in [-0.1, -0.05) is 23.2 Å². The summed E-state index contributed by atoms with van der Waals surface area (Å²) in [5.41, 5.74) is 1.36. The summed E-state index contributed by atoms with van der Waals surface area (Å²) < 4.78 is 0. The van der Waals surface area contributed by atoms with Crippen LogP contribution in [0.15, 0.2) is 6.07 Å². The lowest BCUT2D eigenvalue weighted by Crippen LogP contribution is -1.93. The molecule has 2 nitrogen and oxygen atoms in total. The summed E-state index contributed by atoms with van der Waals surface area (Å²) in [6.07, 6.45) is 2.19. The molecule has 0 aliphatic heterocycles. The van der Waals surface area contributed by atoms with Crippen LogP contribution in [0.1, 0.15) is 30.0 Å². The second kappa shape index (κ2) is 3.17. The highest BCUT2D eigenvalue weighted by atomic mass is 35.5. The van der Waals surface area contributed by atoms with Gasteiger partial charge < -0.3 is 0 Å². The highest BCUT2D eigenvalue weighted by Gasteiger charge is 2.28. The van der Waals surface area contributed by atoms with Gasteiger partial charge in [-0.15, -0.1) is 0 Å². The summed E-state index contributed by atoms with van der Waals surface area (Å²) in [4.78, 5) is 4.12. The fourth-order valence-corrected chi connectivity index (χ4v) is 1.53. The van der Waals surface area contributed by atoms with E-state index in [0.29, 0.717) is 21.7 Å². The number of hydrogen-bond donors (Lipinski definition) is 0. The highest BCUT2D eigenvalue weighted by molar-refractivity contribution is 6.41. The van der Waals surface area contributed by atoms with E-state index in [2.05, 4.69) is 11.1 Å². The second-order valence-electron chi connectivity index (χ2n) is 3.08. The first kappa shape index (κ1) is 8.80. The molecular weight excluding hydrogens is 207 g/mol. The van der Waals surface area contributed by atoms with Crippen LogP contribution in [0.2, 0.25) is 10.2 Å². The lowest BCUT2D eigenvalue weighted by atomic mass is 10.1. The maximum atomic E-state index is 8.82. The minimum absolute atomic E-state index is 0.294. The van der Waals surface area contributed by atoms with E-state index in [9.17, 15) is 0 Å². The van der Waals surface area contributed by atoms with Gasteiger partial charge in [-0.05, 0) is 18.9 Å². The van der Waals surface area contributed by atoms with Crippen LogP contribution in [0.3, 0.4) is 0 Å². The van der Waals surface area contributed by atoms with Crippen LogP contribution in [0, 0.1) is 11.3 Å². The molecule has 1 saturated carbocycles. The Kier molecular flexibility index (Phi) is 2.15. The summed E-state index contributed by atoms with van der Waals surface area (Å²) in [5.74, 6) is 0.421. The van der Waals surface area contributed by atoms with Crippen LogP contribution in [-0.4, -0.2) is 4.98 Å². The smallest absolute Gasteiger partial charge is 0.148 e. The quantitative estimate of drug-likeness (QED) is 0.672. The van der Waals surface area contributed by atoms with Crippen molar-refractivity contribution in [2.75, 3.05) is 0 Å². The largest absolute Gasteiger partial charge is 0.238 e. The van der Waals surface area contributed by atoms with Crippen molar-refractivity contribution < 1.29 is 0 Å². The minimum Gasteiger partial charge on any atom is -0.238 e. The van der Waals surface area contributed by atoms with Crippen LogP contribution in [0.4, 0.5) is 0 Å². The van der Waals surface area contributed by atoms with Crippen LogP contribution in [-0.2, 0) is 0 Å². The van der Waals surface area contributed by atoms with Crippen LogP contribution >= 0.6 is 23.2 Å². The Morgan fingerprint density at radius 1 is 1.46 bits per heavy atom. The number of rotatable bonds is 1. The third-order valence-electron chi connectivity index (χ3n) is 2.05. The van der Waals surface area contributed by atoms with E-state index in [-0.39, 0.29) is 0 Å². The Bertz CT molecular complexity index is 391. The van der Waals surface area contributed by atoms with Crippen molar-refractivity contribution in [3.8, 4) is 6.07 Å². The molecule has 1 aromatic heterocycles. The standard InChI is InChI=1S/C9H6Cl2N2/c10-7-3-6(4-12)8(5-1-2-5)13-9(7)11/h3,5H,1-2H2. The van der Waals surface area contributed by atoms with Gasteiger partial charge in [0.25, 0.3) is 0 Å². The summed E-state index contributed by atoms with van der Waals surface area (Å²) in [7, 11) is 0. The van der Waals surface area contributed by atoms with Crippen LogP contribution in [0.5, 0.6) is 0 Å². The molecular formula is C9H6Cl2N2. The molecule has 1 fully saturated rings. The lowest BCUT2D eigenvalue weighted by Gasteiger charge is -2.02. The fourth-order valence-electron chi connectivity index (χ4n) is 1.24. The zero-order chi connectivity index (χ0) is 9.42. The van der Waals surface area contributed by atoms with Crippen molar-refractivity contribution in [2.45, 2.75) is 18.8 Å². The van der Waals surface area contributed by atoms with Crippen molar-refractivity contribution in [3.05, 3.63) is 27.5 Å². The molecule has 0 spiro atoms. The van der Waals surface area contributed by atoms with E-state index in [1.807, 2.05) is 0 Å². The molecule has 1 aromatic rings. The Morgan fingerprint density at radius 2 is 2.15 bits per heavy atom. The van der Waals surface area contributed by atoms with Gasteiger partial charge in [0.15, 0.2) is 0 Å². The van der Waals surface area contributed by atoms with Gasteiger partial charge in [0.2, 0.25) is 0 Å². The Labute approximate surface area is 86.1 Å². The number of nitrogens with zero attached hydrogens (tertiary/aromatic N) is 2. The zero-order valence-electron chi connectivity index (χ0n) is 6.72. The van der Waals surface area contributed by atoms with Gasteiger partial charge in [-0.3, -0.25) is 0 Å². The van der Waals surface area contributed by atoms with Gasteiger partial charge >= 0.3 is 0 Å². The molecule has 0 saturated heterocycles. The monoisotopic (exact) mass is 212 g/mol. The third-order valence-corrected chi connectivity index (χ3v) is 2.72. The molecule has 0 unspecified atom stereocenters. The SMILES string of the molecule is N#Cc1cc(Cl)c(Cl)nc1C1CC1. The van der Waals surface area contributed by atoms with Crippen molar-refractivity contribution in [2.24, 2.45) is 0 Å². The fraction of sp³-hybridized carbons (Fsp3) is 0.333. The van der Waals surface area contributed by atoms with Crippen molar-refractivity contribution >= 4 is 23.2 Å². The molecule has 0 amide bonds. The van der Waals surface area contributed by atoms with Gasteiger partial charge in [-0.25, -0.2) is 4.98 Å². The van der Waals surface area contributed by atoms with E-state index in [1.165, 1.54) is 0 Å². The minimum atomic E-state index is 0.294. The maximum Gasteiger partial charge on any atom is 0.148 e. The number of pyridine rings is 1. The van der Waals surface area contributed by atoms with Gasteiger partial charge in [0.05, 0.1) is 16.3 Å². The summed E-state index contributed by atoms with van der Waals surface area (Å²) in [5, 5.41) is 9.46. The molecule has 66 valence electrons. The highest BCUT2D eigenvalue weighted by Crippen LogP contribution is 2.41. The van der Waals surface area contributed by atoms with E-state index in [4.69, 9.17) is 28.5 Å². The maximum absolute atomic E-state index is 8.82. The van der Waals surface area contributed by atoms with E-state index >= 15 is 0 Å². The first-order valence-corrected chi connectivity index (χ1v) is 4.74. The molecule has 13 heavy (non-hydrogen) atoms. The van der Waals surface area contributed by atoms with Crippen LogP contribution < -0.4 is 0 Å². The number of halogens is 2. The predicted molar refractivity (Wildman–Crippen MR) is 50.9 cm³/mol. The van der Waals surface area contributed by atoms with Crippen molar-refractivity contribution in [1.82, 2.24) is 4.98 Å². The third kappa shape index (κ3) is 1.63. The Hall–Kier alpha value is -0.780. The van der Waals surface area contributed by atoms with E-state index in [1.54, 1.807) is 6.07 Å². The molecule has 1 heterocycles. The van der Waals surface area contributed by atoms with E-state index < -0.39 is 0 Å². The molecule has 0 aromatic carbocycles. The molecule has 0 radical (unpaired) electrons. The number of aromatic nitrogens is 1. The molecule has 2 rings (SSSR count). The van der Waals surface area contributed by atoms with Gasteiger partial charge in [0, 0.05) is 5.92 Å². The van der Waals surface area contributed by atoms with E-state index in [0.717, 1.165) is 18.5 Å². The van der Waals surface area contributed by atoms with Crippen molar-refractivity contribution in [1.29, 1.82) is 5.26 Å². The van der Waals surface area contributed by atoms with Crippen LogP contribution in [0.25, 0.3) is 0 Å². The van der Waals surface area contributed by atoms with Gasteiger partial charge in [0.1, 0.15) is 11.2 Å². The Morgan fingerprint density at radius 3 is 2.69 bits per heavy atom. The summed E-state index contributed by atoms with van der Waals surface area (Å²) in [6.45, 7) is 0. The van der Waals surface area contributed by atoms with Gasteiger partial charge in [-0.2, -0.15) is 5.26 Å². The molecule has 0 bridgehead atoms. The molecule has 0 atom stereocenters. The average molecular weight is 213 g/mol. The first-order valence-electron chi connectivity index (χ1n) is 3.98. The topological polar surface area (TPSA) is 36.7 Å². The molecule has 0 N–H and O–H groups in total. The molecule has 1 aliphatic rings. The molecule has 1 aliphatic carbocycles. The number of nitriles is 1. The van der Waals surface area contributed by atoms with Crippen molar-refractivity contribution in [3.63, 3.8) is 0 Å². The average Bonchev–Trinajstić information content (AvgIpc) is 2.92. The second-order valence-corrected chi connectivity index (χ2v) is 3.85. The lowest BCUT2D eigenvalue weighted by molar-refractivity contribution is 1.01. The Balaban J connectivity index is 2.54. The number of hydrogen-bond acceptors (Lipinski definition) is 2. The summed E-state index contributed by atoms with van der Waals surface area (Å²) >= 11 is 11.5.